The van der Waals surface area contributed by atoms with E-state index >= 15 is 0 Å². The number of nitrogens with one attached hydrogen (secondary N) is 2. The van der Waals surface area contributed by atoms with Gasteiger partial charge in [0.15, 0.2) is 5.95 Å². The van der Waals surface area contributed by atoms with Crippen LogP contribution < -0.4 is 16.0 Å². The molecule has 3 aromatic carbocycles. The summed E-state index contributed by atoms with van der Waals surface area (Å²) in [5, 5.41) is 3.01. The number of carbonyl (C=O) groups excluding carboxylic acids is 1. The number of carbonyl (C=O) groups is 1. The molecule has 150 valence electrons. The van der Waals surface area contributed by atoms with Gasteiger partial charge < -0.3 is 16.0 Å². The largest absolute Gasteiger partial charge is 0.369 e. The second-order valence-electron chi connectivity index (χ2n) is 7.13. The van der Waals surface area contributed by atoms with Gasteiger partial charge >= 0.3 is 6.03 Å². The lowest BCUT2D eigenvalue weighted by molar-refractivity contribution is 0.259. The number of aromatic amines is 1. The van der Waals surface area contributed by atoms with Gasteiger partial charge in [0.05, 0.1) is 23.3 Å². The number of nitrogen functional groups attached to an aromatic ring is 1. The fraction of sp³-hybridized carbons (Fsp3) is 0.0833. The number of rotatable bonds is 4. The van der Waals surface area contributed by atoms with Crippen LogP contribution in [0.25, 0.3) is 11.3 Å². The van der Waals surface area contributed by atoms with Gasteiger partial charge in [-0.15, -0.1) is 0 Å². The standard InChI is InChI=1S/C24H23N5O/c1-16-11-12-21(13-17(16)2)29(20-9-4-3-5-10-20)24(30)27-19-8-6-7-18(14-19)22-15-26-23(25)28-22/h3-15H,1-2H3,(H,27,30)(H3,25,26,28). The summed E-state index contributed by atoms with van der Waals surface area (Å²) < 4.78 is 0. The number of aryl methyl sites for hydroxylation is 2. The van der Waals surface area contributed by atoms with Gasteiger partial charge in [0, 0.05) is 11.3 Å². The zero-order valence-corrected chi connectivity index (χ0v) is 16.9. The molecule has 4 N–H and O–H groups in total. The zero-order chi connectivity index (χ0) is 21.1. The molecule has 4 rings (SSSR count). The normalized spacial score (nSPS) is 10.6. The second-order valence-corrected chi connectivity index (χ2v) is 7.13. The number of amides is 2. The molecule has 4 aromatic rings. The third-order valence-corrected chi connectivity index (χ3v) is 4.99. The summed E-state index contributed by atoms with van der Waals surface area (Å²) in [7, 11) is 0. The van der Waals surface area contributed by atoms with Gasteiger partial charge in [0.1, 0.15) is 0 Å². The van der Waals surface area contributed by atoms with E-state index in [2.05, 4.69) is 22.2 Å². The number of imidazole rings is 1. The Kier molecular flexibility index (Phi) is 5.22. The number of urea groups is 1. The smallest absolute Gasteiger partial charge is 0.330 e. The highest BCUT2D eigenvalue weighted by atomic mass is 16.2. The predicted octanol–water partition coefficient (Wildman–Crippen LogP) is 5.65. The summed E-state index contributed by atoms with van der Waals surface area (Å²) in [6, 6.07) is 22.9. The Bertz CT molecular complexity index is 1180. The second kappa shape index (κ2) is 8.13. The molecule has 0 aliphatic heterocycles. The summed E-state index contributed by atoms with van der Waals surface area (Å²) in [4.78, 5) is 22.0. The van der Waals surface area contributed by atoms with Crippen LogP contribution in [0.1, 0.15) is 11.1 Å². The number of aromatic nitrogens is 2. The Hall–Kier alpha value is -4.06. The highest BCUT2D eigenvalue weighted by molar-refractivity contribution is 6.07. The first-order chi connectivity index (χ1) is 14.5. The molecule has 6 heteroatoms. The van der Waals surface area contributed by atoms with E-state index in [-0.39, 0.29) is 6.03 Å². The maximum Gasteiger partial charge on any atom is 0.330 e. The van der Waals surface area contributed by atoms with Crippen molar-refractivity contribution in [2.24, 2.45) is 0 Å². The van der Waals surface area contributed by atoms with E-state index in [4.69, 9.17) is 5.73 Å². The fourth-order valence-corrected chi connectivity index (χ4v) is 3.25. The Labute approximate surface area is 175 Å². The van der Waals surface area contributed by atoms with Crippen molar-refractivity contribution in [2.45, 2.75) is 13.8 Å². The first-order valence-corrected chi connectivity index (χ1v) is 9.65. The Balaban J connectivity index is 1.66. The summed E-state index contributed by atoms with van der Waals surface area (Å²) in [6.45, 7) is 4.10. The third kappa shape index (κ3) is 4.03. The minimum Gasteiger partial charge on any atom is -0.369 e. The maximum atomic E-state index is 13.3. The Morgan fingerprint density at radius 3 is 2.43 bits per heavy atom. The molecule has 2 amide bonds. The number of benzene rings is 3. The molecular weight excluding hydrogens is 374 g/mol. The van der Waals surface area contributed by atoms with Crippen LogP contribution >= 0.6 is 0 Å². The predicted molar refractivity (Wildman–Crippen MR) is 122 cm³/mol. The fourth-order valence-electron chi connectivity index (χ4n) is 3.25. The number of anilines is 4. The van der Waals surface area contributed by atoms with Crippen LogP contribution in [0.2, 0.25) is 0 Å². The lowest BCUT2D eigenvalue weighted by Crippen LogP contribution is -2.30. The van der Waals surface area contributed by atoms with Crippen molar-refractivity contribution in [3.05, 3.63) is 90.1 Å². The summed E-state index contributed by atoms with van der Waals surface area (Å²) >= 11 is 0. The third-order valence-electron chi connectivity index (χ3n) is 4.99. The van der Waals surface area contributed by atoms with Crippen molar-refractivity contribution in [3.8, 4) is 11.3 Å². The van der Waals surface area contributed by atoms with Crippen molar-refractivity contribution in [1.29, 1.82) is 0 Å². The lowest BCUT2D eigenvalue weighted by atomic mass is 10.1. The molecule has 0 radical (unpaired) electrons. The molecule has 30 heavy (non-hydrogen) atoms. The SMILES string of the molecule is Cc1ccc(N(C(=O)Nc2cccc(-c3cnc(N)[nH]3)c2)c2ccccc2)cc1C. The van der Waals surface area contributed by atoms with Crippen molar-refractivity contribution < 1.29 is 4.79 Å². The average molecular weight is 397 g/mol. The van der Waals surface area contributed by atoms with Crippen LogP contribution in [0.4, 0.5) is 27.8 Å². The number of nitrogens with two attached hydrogens (primary N) is 1. The Morgan fingerprint density at radius 1 is 0.933 bits per heavy atom. The average Bonchev–Trinajstić information content (AvgIpc) is 3.18. The summed E-state index contributed by atoms with van der Waals surface area (Å²) in [6.07, 6.45) is 1.67. The topological polar surface area (TPSA) is 87.0 Å². The quantitative estimate of drug-likeness (QED) is 0.416. The monoisotopic (exact) mass is 397 g/mol. The Morgan fingerprint density at radius 2 is 1.73 bits per heavy atom. The van der Waals surface area contributed by atoms with Gasteiger partial charge in [0.25, 0.3) is 0 Å². The molecule has 0 spiro atoms. The highest BCUT2D eigenvalue weighted by Gasteiger charge is 2.19. The van der Waals surface area contributed by atoms with Crippen molar-refractivity contribution >= 4 is 29.0 Å². The van der Waals surface area contributed by atoms with Crippen LogP contribution in [-0.4, -0.2) is 16.0 Å². The number of nitrogens with zero attached hydrogens (tertiary/aromatic N) is 2. The van der Waals surface area contributed by atoms with Gasteiger partial charge in [-0.2, -0.15) is 0 Å². The first-order valence-electron chi connectivity index (χ1n) is 9.65. The molecule has 0 bridgehead atoms. The molecule has 1 heterocycles. The van der Waals surface area contributed by atoms with Gasteiger partial charge in [-0.3, -0.25) is 4.90 Å². The highest BCUT2D eigenvalue weighted by Crippen LogP contribution is 2.29. The number of hydrogen-bond donors (Lipinski definition) is 3. The van der Waals surface area contributed by atoms with E-state index in [1.165, 1.54) is 5.56 Å². The molecule has 0 aliphatic rings. The van der Waals surface area contributed by atoms with E-state index in [9.17, 15) is 4.79 Å². The number of para-hydroxylation sites is 1. The van der Waals surface area contributed by atoms with Gasteiger partial charge in [-0.05, 0) is 61.4 Å². The molecule has 1 aromatic heterocycles. The van der Waals surface area contributed by atoms with Crippen LogP contribution in [0.3, 0.4) is 0 Å². The van der Waals surface area contributed by atoms with Gasteiger partial charge in [-0.25, -0.2) is 9.78 Å². The first kappa shape index (κ1) is 19.3. The van der Waals surface area contributed by atoms with Crippen LogP contribution in [0.5, 0.6) is 0 Å². The molecule has 0 aliphatic carbocycles. The summed E-state index contributed by atoms with van der Waals surface area (Å²) in [5.74, 6) is 0.351. The zero-order valence-electron chi connectivity index (χ0n) is 16.9. The van der Waals surface area contributed by atoms with Crippen LogP contribution in [-0.2, 0) is 0 Å². The van der Waals surface area contributed by atoms with Crippen molar-refractivity contribution in [1.82, 2.24) is 9.97 Å². The van der Waals surface area contributed by atoms with Gasteiger partial charge in [-0.1, -0.05) is 36.4 Å². The number of hydrogen-bond acceptors (Lipinski definition) is 3. The molecule has 0 saturated heterocycles. The lowest BCUT2D eigenvalue weighted by Gasteiger charge is -2.24. The van der Waals surface area contributed by atoms with Crippen molar-refractivity contribution in [2.75, 3.05) is 16.0 Å². The van der Waals surface area contributed by atoms with E-state index in [1.807, 2.05) is 79.7 Å². The van der Waals surface area contributed by atoms with Gasteiger partial charge in [0.2, 0.25) is 0 Å². The molecular formula is C24H23N5O. The van der Waals surface area contributed by atoms with Crippen LogP contribution in [0, 0.1) is 13.8 Å². The molecule has 0 fully saturated rings. The molecule has 0 unspecified atom stereocenters. The van der Waals surface area contributed by atoms with E-state index < -0.39 is 0 Å². The molecule has 0 saturated carbocycles. The minimum atomic E-state index is -0.245. The van der Waals surface area contributed by atoms with E-state index in [1.54, 1.807) is 11.1 Å². The van der Waals surface area contributed by atoms with Crippen LogP contribution in [0.15, 0.2) is 79.0 Å². The maximum absolute atomic E-state index is 13.3. The summed E-state index contributed by atoms with van der Waals surface area (Å²) in [5.41, 5.74) is 11.9. The molecule has 6 nitrogen and oxygen atoms in total. The molecule has 0 atom stereocenters. The van der Waals surface area contributed by atoms with E-state index in [0.717, 1.165) is 28.2 Å². The van der Waals surface area contributed by atoms with Crippen molar-refractivity contribution in [3.63, 3.8) is 0 Å². The van der Waals surface area contributed by atoms with E-state index in [0.29, 0.717) is 11.6 Å². The minimum absolute atomic E-state index is 0.245. The number of H-pyrrole nitrogens is 1.